The highest BCUT2D eigenvalue weighted by Gasteiger charge is 2.33. The maximum atomic E-state index is 13.9. The molecule has 9 heteroatoms. The molecule has 0 aromatic heterocycles. The molecule has 0 aliphatic heterocycles. The van der Waals surface area contributed by atoms with E-state index < -0.39 is 44.9 Å². The number of halogens is 3. The summed E-state index contributed by atoms with van der Waals surface area (Å²) < 4.78 is 65.3. The third-order valence-electron chi connectivity index (χ3n) is 2.84. The summed E-state index contributed by atoms with van der Waals surface area (Å²) in [6.07, 6.45) is 0. The van der Waals surface area contributed by atoms with Crippen molar-refractivity contribution in [1.29, 1.82) is 0 Å². The molecule has 0 radical (unpaired) electrons. The van der Waals surface area contributed by atoms with Crippen molar-refractivity contribution in [3.63, 3.8) is 0 Å². The number of hydrogen-bond donors (Lipinski definition) is 1. The second-order valence-electron chi connectivity index (χ2n) is 4.18. The first-order valence-corrected chi connectivity index (χ1v) is 6.77. The second kappa shape index (κ2) is 5.41. The lowest BCUT2D eigenvalue weighted by atomic mass is 10.1. The van der Waals surface area contributed by atoms with E-state index in [0.29, 0.717) is 0 Å². The van der Waals surface area contributed by atoms with Crippen LogP contribution in [0, 0.1) is 31.3 Å². The minimum Gasteiger partial charge on any atom is -0.480 e. The molecule has 0 unspecified atom stereocenters. The van der Waals surface area contributed by atoms with Crippen molar-refractivity contribution >= 4 is 16.0 Å². The highest BCUT2D eigenvalue weighted by Crippen LogP contribution is 2.29. The van der Waals surface area contributed by atoms with Gasteiger partial charge < -0.3 is 5.11 Å². The van der Waals surface area contributed by atoms with Crippen LogP contribution in [0.25, 0.3) is 0 Å². The Hall–Kier alpha value is -1.61. The molecule has 1 aromatic carbocycles. The third kappa shape index (κ3) is 2.63. The van der Waals surface area contributed by atoms with E-state index in [1.165, 1.54) is 0 Å². The minimum atomic E-state index is -4.79. The third-order valence-corrected chi connectivity index (χ3v) is 4.66. The van der Waals surface area contributed by atoms with Gasteiger partial charge in [-0.2, -0.15) is 4.31 Å². The first-order chi connectivity index (χ1) is 9.01. The Balaban J connectivity index is 3.59. The number of carbonyl (C=O) groups is 1. The van der Waals surface area contributed by atoms with Crippen molar-refractivity contribution in [3.05, 3.63) is 28.6 Å². The molecule has 0 saturated carbocycles. The average molecular weight is 311 g/mol. The van der Waals surface area contributed by atoms with Crippen molar-refractivity contribution in [3.8, 4) is 0 Å². The zero-order chi connectivity index (χ0) is 15.8. The molecule has 0 spiro atoms. The van der Waals surface area contributed by atoms with Gasteiger partial charge in [0.05, 0.1) is 0 Å². The summed E-state index contributed by atoms with van der Waals surface area (Å²) in [6.45, 7) is 1.20. The van der Waals surface area contributed by atoms with E-state index in [0.717, 1.165) is 20.9 Å². The molecule has 0 fully saturated rings. The van der Waals surface area contributed by atoms with Crippen molar-refractivity contribution in [2.75, 3.05) is 13.6 Å². The minimum absolute atomic E-state index is 0.227. The fourth-order valence-corrected chi connectivity index (χ4v) is 2.81. The molecule has 0 aliphatic rings. The smallest absolute Gasteiger partial charge is 0.318 e. The van der Waals surface area contributed by atoms with Gasteiger partial charge in [0.25, 0.3) is 0 Å². The van der Waals surface area contributed by atoms with Crippen molar-refractivity contribution in [2.45, 2.75) is 18.7 Å². The first-order valence-electron chi connectivity index (χ1n) is 5.33. The molecule has 0 heterocycles. The van der Waals surface area contributed by atoms with E-state index in [1.807, 2.05) is 0 Å². The van der Waals surface area contributed by atoms with E-state index in [4.69, 9.17) is 5.11 Å². The van der Waals surface area contributed by atoms with Crippen LogP contribution in [0.3, 0.4) is 0 Å². The number of carboxylic acids is 1. The van der Waals surface area contributed by atoms with Gasteiger partial charge in [-0.3, -0.25) is 4.79 Å². The lowest BCUT2D eigenvalue weighted by Crippen LogP contribution is -2.33. The lowest BCUT2D eigenvalue weighted by Gasteiger charge is -2.18. The number of aliphatic carboxylic acids is 1. The first kappa shape index (κ1) is 16.4. The Morgan fingerprint density at radius 2 is 1.55 bits per heavy atom. The highest BCUT2D eigenvalue weighted by atomic mass is 32.2. The fourth-order valence-electron chi connectivity index (χ4n) is 1.52. The molecule has 0 aliphatic carbocycles. The summed E-state index contributed by atoms with van der Waals surface area (Å²) in [4.78, 5) is 8.99. The predicted octanol–water partition coefficient (Wildman–Crippen LogP) is 1.43. The maximum absolute atomic E-state index is 13.9. The van der Waals surface area contributed by atoms with Crippen molar-refractivity contribution < 1.29 is 31.5 Å². The molecule has 1 N–H and O–H groups in total. The Morgan fingerprint density at radius 3 is 2.00 bits per heavy atom. The molecule has 0 atom stereocenters. The van der Waals surface area contributed by atoms with Crippen LogP contribution in [0.1, 0.15) is 11.1 Å². The summed E-state index contributed by atoms with van der Waals surface area (Å²) in [6, 6.07) is 0. The van der Waals surface area contributed by atoms with Gasteiger partial charge in [0.1, 0.15) is 12.4 Å². The fraction of sp³-hybridized carbons (Fsp3) is 0.364. The normalized spacial score (nSPS) is 11.9. The number of rotatable bonds is 4. The van der Waals surface area contributed by atoms with Crippen LogP contribution in [0.15, 0.2) is 4.90 Å². The van der Waals surface area contributed by atoms with Crippen LogP contribution in [0.4, 0.5) is 13.2 Å². The quantitative estimate of drug-likeness (QED) is 0.854. The molecular weight excluding hydrogens is 299 g/mol. The van der Waals surface area contributed by atoms with Crippen molar-refractivity contribution in [2.24, 2.45) is 0 Å². The predicted molar refractivity (Wildman–Crippen MR) is 63.2 cm³/mol. The monoisotopic (exact) mass is 311 g/mol. The highest BCUT2D eigenvalue weighted by molar-refractivity contribution is 7.89. The Labute approximate surface area is 113 Å². The van der Waals surface area contributed by atoms with Crippen LogP contribution < -0.4 is 0 Å². The molecule has 20 heavy (non-hydrogen) atoms. The summed E-state index contributed by atoms with van der Waals surface area (Å²) >= 11 is 0. The summed E-state index contributed by atoms with van der Waals surface area (Å²) in [7, 11) is -3.97. The molecular formula is C11H12F3NO4S. The Bertz CT molecular complexity index is 644. The van der Waals surface area contributed by atoms with Gasteiger partial charge in [-0.25, -0.2) is 21.6 Å². The summed E-state index contributed by atoms with van der Waals surface area (Å²) in [5, 5.41) is 8.52. The maximum Gasteiger partial charge on any atom is 0.318 e. The van der Waals surface area contributed by atoms with Gasteiger partial charge in [-0.15, -0.1) is 0 Å². The zero-order valence-electron chi connectivity index (χ0n) is 10.9. The number of sulfonamides is 1. The number of benzene rings is 1. The molecule has 0 bridgehead atoms. The van der Waals surface area contributed by atoms with Gasteiger partial charge in [-0.05, 0) is 25.0 Å². The summed E-state index contributed by atoms with van der Waals surface area (Å²) in [5.74, 6) is -6.28. The molecule has 112 valence electrons. The van der Waals surface area contributed by atoms with Crippen LogP contribution >= 0.6 is 0 Å². The summed E-state index contributed by atoms with van der Waals surface area (Å²) in [5.41, 5.74) is -0.703. The van der Waals surface area contributed by atoms with E-state index in [2.05, 4.69) is 0 Å². The number of nitrogens with zero attached hydrogens (tertiary/aromatic N) is 1. The molecule has 1 aromatic rings. The van der Waals surface area contributed by atoms with E-state index in [-0.39, 0.29) is 15.4 Å². The van der Waals surface area contributed by atoms with Gasteiger partial charge >= 0.3 is 5.97 Å². The standard InChI is InChI=1S/C11H12F3NO4S/c1-5-6(2)9(13)11(10(14)8(5)12)20(18,19)15(3)4-7(16)17/h4H2,1-3H3,(H,16,17). The molecule has 0 saturated heterocycles. The number of carboxylic acid groups (broad SMARTS) is 1. The van der Waals surface area contributed by atoms with Gasteiger partial charge in [0.2, 0.25) is 10.0 Å². The van der Waals surface area contributed by atoms with Crippen LogP contribution in [0.5, 0.6) is 0 Å². The molecule has 5 nitrogen and oxygen atoms in total. The largest absolute Gasteiger partial charge is 0.480 e. The average Bonchev–Trinajstić information content (AvgIpc) is 2.33. The van der Waals surface area contributed by atoms with Crippen LogP contribution in [0.2, 0.25) is 0 Å². The SMILES string of the molecule is Cc1c(C)c(F)c(S(=O)(=O)N(C)CC(=O)O)c(F)c1F. The number of hydrogen-bond acceptors (Lipinski definition) is 3. The Morgan fingerprint density at radius 1 is 1.10 bits per heavy atom. The van der Waals surface area contributed by atoms with Gasteiger partial charge in [-0.1, -0.05) is 0 Å². The second-order valence-corrected chi connectivity index (χ2v) is 6.16. The van der Waals surface area contributed by atoms with Gasteiger partial charge in [0.15, 0.2) is 16.5 Å². The van der Waals surface area contributed by atoms with E-state index >= 15 is 0 Å². The molecule has 1 rings (SSSR count). The number of likely N-dealkylation sites (N-methyl/N-ethyl adjacent to an activating group) is 1. The molecule has 0 amide bonds. The van der Waals surface area contributed by atoms with E-state index in [9.17, 15) is 26.4 Å². The lowest BCUT2D eigenvalue weighted by molar-refractivity contribution is -0.137. The van der Waals surface area contributed by atoms with E-state index in [1.54, 1.807) is 0 Å². The zero-order valence-corrected chi connectivity index (χ0v) is 11.7. The van der Waals surface area contributed by atoms with Crippen LogP contribution in [-0.2, 0) is 14.8 Å². The van der Waals surface area contributed by atoms with Crippen molar-refractivity contribution in [1.82, 2.24) is 4.31 Å². The topological polar surface area (TPSA) is 74.7 Å². The Kier molecular flexibility index (Phi) is 4.45. The van der Waals surface area contributed by atoms with Gasteiger partial charge in [0, 0.05) is 7.05 Å². The van der Waals surface area contributed by atoms with Crippen LogP contribution in [-0.4, -0.2) is 37.4 Å².